The maximum Gasteiger partial charge on any atom is 0.242 e. The lowest BCUT2D eigenvalue weighted by Gasteiger charge is -2.16. The lowest BCUT2D eigenvalue weighted by Crippen LogP contribution is -2.29. The van der Waals surface area contributed by atoms with Crippen LogP contribution in [-0.4, -0.2) is 44.6 Å². The Morgan fingerprint density at radius 1 is 1.47 bits per heavy atom. The molecular weight excluding hydrogens is 240 g/mol. The molecule has 0 unspecified atom stereocenters. The first-order chi connectivity index (χ1) is 8.05. The van der Waals surface area contributed by atoms with Gasteiger partial charge in [-0.2, -0.15) is 4.31 Å². The van der Waals surface area contributed by atoms with Crippen LogP contribution < -0.4 is 5.32 Å². The maximum absolute atomic E-state index is 12.1. The molecule has 17 heavy (non-hydrogen) atoms. The third-order valence-corrected chi connectivity index (χ3v) is 4.77. The first-order valence-electron chi connectivity index (χ1n) is 5.49. The average molecular weight is 256 g/mol. The molecule has 1 heterocycles. The van der Waals surface area contributed by atoms with Gasteiger partial charge in [-0.1, -0.05) is 6.07 Å². The molecule has 1 aromatic rings. The highest BCUT2D eigenvalue weighted by atomic mass is 32.2. The Kier molecular flexibility index (Phi) is 3.37. The smallest absolute Gasteiger partial charge is 0.242 e. The second kappa shape index (κ2) is 4.64. The number of aliphatic hydroxyl groups is 1. The van der Waals surface area contributed by atoms with E-state index in [1.165, 1.54) is 7.05 Å². The van der Waals surface area contributed by atoms with E-state index in [1.54, 1.807) is 12.1 Å². The summed E-state index contributed by atoms with van der Waals surface area (Å²) in [6.45, 7) is 0.775. The molecule has 0 atom stereocenters. The molecule has 1 aliphatic rings. The molecule has 94 valence electrons. The van der Waals surface area contributed by atoms with Crippen LogP contribution in [0.4, 0.5) is 5.69 Å². The summed E-state index contributed by atoms with van der Waals surface area (Å²) in [5, 5.41) is 11.9. The molecule has 0 saturated heterocycles. The monoisotopic (exact) mass is 256 g/mol. The van der Waals surface area contributed by atoms with Crippen LogP contribution in [0.15, 0.2) is 23.1 Å². The Morgan fingerprint density at radius 2 is 2.24 bits per heavy atom. The summed E-state index contributed by atoms with van der Waals surface area (Å²) in [6.07, 6.45) is 0.933. The molecule has 6 heteroatoms. The van der Waals surface area contributed by atoms with Gasteiger partial charge in [0.05, 0.1) is 11.5 Å². The Hall–Kier alpha value is -1.11. The molecular formula is C11H16N2O3S. The third-order valence-electron chi connectivity index (χ3n) is 2.91. The fraction of sp³-hybridized carbons (Fsp3) is 0.455. The molecule has 0 radical (unpaired) electrons. The largest absolute Gasteiger partial charge is 0.395 e. The second-order valence-corrected chi connectivity index (χ2v) is 6.09. The molecule has 0 aliphatic carbocycles. The summed E-state index contributed by atoms with van der Waals surface area (Å²) in [7, 11) is -2.02. The van der Waals surface area contributed by atoms with Crippen molar-refractivity contribution in [2.75, 3.05) is 32.1 Å². The summed E-state index contributed by atoms with van der Waals surface area (Å²) >= 11 is 0. The number of anilines is 1. The lowest BCUT2D eigenvalue weighted by atomic mass is 10.2. The van der Waals surface area contributed by atoms with Crippen LogP contribution in [0.25, 0.3) is 0 Å². The summed E-state index contributed by atoms with van der Waals surface area (Å²) in [5.41, 5.74) is 2.04. The van der Waals surface area contributed by atoms with Gasteiger partial charge in [0.1, 0.15) is 0 Å². The molecule has 1 aromatic carbocycles. The van der Waals surface area contributed by atoms with Crippen molar-refractivity contribution in [3.63, 3.8) is 0 Å². The topological polar surface area (TPSA) is 69.6 Å². The van der Waals surface area contributed by atoms with Gasteiger partial charge in [0.25, 0.3) is 0 Å². The zero-order valence-corrected chi connectivity index (χ0v) is 10.5. The number of benzene rings is 1. The van der Waals surface area contributed by atoms with Crippen molar-refractivity contribution in [2.24, 2.45) is 0 Å². The van der Waals surface area contributed by atoms with Gasteiger partial charge in [0.2, 0.25) is 10.0 Å². The molecule has 1 aliphatic heterocycles. The highest BCUT2D eigenvalue weighted by Crippen LogP contribution is 2.26. The molecule has 0 bridgehead atoms. The van der Waals surface area contributed by atoms with Crippen LogP contribution in [0.5, 0.6) is 0 Å². The highest BCUT2D eigenvalue weighted by Gasteiger charge is 2.22. The van der Waals surface area contributed by atoms with Gasteiger partial charge >= 0.3 is 0 Å². The minimum absolute atomic E-state index is 0.104. The average Bonchev–Trinajstić information content (AvgIpc) is 2.76. The molecule has 0 amide bonds. The van der Waals surface area contributed by atoms with E-state index >= 15 is 0 Å². The molecule has 2 N–H and O–H groups in total. The van der Waals surface area contributed by atoms with Crippen LogP contribution in [-0.2, 0) is 16.4 Å². The number of sulfonamides is 1. The van der Waals surface area contributed by atoms with E-state index in [2.05, 4.69) is 5.32 Å². The number of rotatable bonds is 4. The molecule has 5 nitrogen and oxygen atoms in total. The van der Waals surface area contributed by atoms with Crippen molar-refractivity contribution in [3.8, 4) is 0 Å². The Balaban J connectivity index is 2.34. The van der Waals surface area contributed by atoms with E-state index < -0.39 is 10.0 Å². The van der Waals surface area contributed by atoms with Crippen molar-refractivity contribution in [1.82, 2.24) is 4.31 Å². The number of hydrogen-bond acceptors (Lipinski definition) is 4. The first-order valence-corrected chi connectivity index (χ1v) is 6.93. The number of hydrogen-bond donors (Lipinski definition) is 2. The minimum atomic E-state index is -3.49. The van der Waals surface area contributed by atoms with Crippen LogP contribution in [0.1, 0.15) is 5.56 Å². The standard InChI is InChI=1S/C11H16N2O3S/c1-13(6-7-14)17(15,16)10-3-2-9-4-5-12-11(9)8-10/h2-3,8,12,14H,4-7H2,1H3. The SMILES string of the molecule is CN(CCO)S(=O)(=O)c1ccc2c(c1)NCC2. The minimum Gasteiger partial charge on any atom is -0.395 e. The number of fused-ring (bicyclic) bond motifs is 1. The van der Waals surface area contributed by atoms with Crippen molar-refractivity contribution >= 4 is 15.7 Å². The van der Waals surface area contributed by atoms with E-state index in [4.69, 9.17) is 5.11 Å². The zero-order valence-electron chi connectivity index (χ0n) is 9.68. The molecule has 0 fully saturated rings. The summed E-state index contributed by atoms with van der Waals surface area (Å²) in [6, 6.07) is 5.12. The normalized spacial score (nSPS) is 14.8. The Bertz CT molecular complexity index is 513. The Morgan fingerprint density at radius 3 is 2.94 bits per heavy atom. The van der Waals surface area contributed by atoms with E-state index in [1.807, 2.05) is 6.07 Å². The Labute approximate surface area is 101 Å². The predicted molar refractivity (Wildman–Crippen MR) is 65.5 cm³/mol. The van der Waals surface area contributed by atoms with Crippen LogP contribution >= 0.6 is 0 Å². The van der Waals surface area contributed by atoms with Crippen molar-refractivity contribution in [1.29, 1.82) is 0 Å². The van der Waals surface area contributed by atoms with E-state index in [0.29, 0.717) is 0 Å². The fourth-order valence-electron chi connectivity index (χ4n) is 1.87. The number of aliphatic hydroxyl groups excluding tert-OH is 1. The van der Waals surface area contributed by atoms with Gasteiger partial charge in [-0.15, -0.1) is 0 Å². The van der Waals surface area contributed by atoms with Gasteiger partial charge in [-0.3, -0.25) is 0 Å². The maximum atomic E-state index is 12.1. The van der Waals surface area contributed by atoms with Crippen molar-refractivity contribution in [2.45, 2.75) is 11.3 Å². The van der Waals surface area contributed by atoms with Gasteiger partial charge in [0, 0.05) is 25.8 Å². The lowest BCUT2D eigenvalue weighted by molar-refractivity contribution is 0.266. The molecule has 0 saturated carbocycles. The second-order valence-electron chi connectivity index (χ2n) is 4.05. The highest BCUT2D eigenvalue weighted by molar-refractivity contribution is 7.89. The van der Waals surface area contributed by atoms with Crippen LogP contribution in [0, 0.1) is 0 Å². The fourth-order valence-corrected chi connectivity index (χ4v) is 3.06. The number of likely N-dealkylation sites (N-methyl/N-ethyl adjacent to an activating group) is 1. The number of nitrogens with one attached hydrogen (secondary N) is 1. The van der Waals surface area contributed by atoms with Gasteiger partial charge in [-0.25, -0.2) is 8.42 Å². The van der Waals surface area contributed by atoms with Gasteiger partial charge in [-0.05, 0) is 24.1 Å². The van der Waals surface area contributed by atoms with Crippen molar-refractivity contribution < 1.29 is 13.5 Å². The van der Waals surface area contributed by atoms with Crippen molar-refractivity contribution in [3.05, 3.63) is 23.8 Å². The predicted octanol–water partition coefficient (Wildman–Crippen LogP) is 0.267. The molecule has 0 aromatic heterocycles. The van der Waals surface area contributed by atoms with Crippen LogP contribution in [0.2, 0.25) is 0 Å². The summed E-state index contributed by atoms with van der Waals surface area (Å²) < 4.78 is 25.4. The van der Waals surface area contributed by atoms with Crippen LogP contribution in [0.3, 0.4) is 0 Å². The zero-order chi connectivity index (χ0) is 12.5. The van der Waals surface area contributed by atoms with E-state index in [-0.39, 0.29) is 18.0 Å². The van der Waals surface area contributed by atoms with E-state index in [0.717, 1.165) is 28.5 Å². The van der Waals surface area contributed by atoms with E-state index in [9.17, 15) is 8.42 Å². The third kappa shape index (κ3) is 2.29. The quantitative estimate of drug-likeness (QED) is 0.811. The summed E-state index contributed by atoms with van der Waals surface area (Å²) in [5.74, 6) is 0. The molecule has 0 spiro atoms. The number of nitrogens with zero attached hydrogens (tertiary/aromatic N) is 1. The van der Waals surface area contributed by atoms with Gasteiger partial charge in [0.15, 0.2) is 0 Å². The van der Waals surface area contributed by atoms with Gasteiger partial charge < -0.3 is 10.4 Å². The molecule has 2 rings (SSSR count). The first kappa shape index (κ1) is 12.3. The summed E-state index contributed by atoms with van der Waals surface area (Å²) in [4.78, 5) is 0.265.